The number of hydrogen-bond donors (Lipinski definition) is 0. The molecule has 4 atom stereocenters. The number of benzene rings is 2. The van der Waals surface area contributed by atoms with Gasteiger partial charge in [0.15, 0.2) is 0 Å². The molecule has 2 aromatic rings. The van der Waals surface area contributed by atoms with E-state index in [9.17, 15) is 0 Å². The normalized spacial score (nSPS) is 29.4. The van der Waals surface area contributed by atoms with Gasteiger partial charge in [-0.05, 0) is 58.0 Å². The molecule has 0 nitrogen and oxygen atoms in total. The Balaban J connectivity index is 1.79. The first kappa shape index (κ1) is 15.2. The van der Waals surface area contributed by atoms with Crippen molar-refractivity contribution in [1.29, 1.82) is 0 Å². The van der Waals surface area contributed by atoms with Gasteiger partial charge in [0.1, 0.15) is 0 Å². The van der Waals surface area contributed by atoms with Crippen LogP contribution in [-0.4, -0.2) is 8.07 Å². The minimum atomic E-state index is -1.47. The van der Waals surface area contributed by atoms with Crippen LogP contribution in [0.1, 0.15) is 47.2 Å². The van der Waals surface area contributed by atoms with Crippen molar-refractivity contribution in [1.82, 2.24) is 0 Å². The van der Waals surface area contributed by atoms with E-state index in [-0.39, 0.29) is 0 Å². The van der Waals surface area contributed by atoms with Gasteiger partial charge in [-0.25, -0.2) is 0 Å². The van der Waals surface area contributed by atoms with Crippen molar-refractivity contribution in [3.8, 4) is 0 Å². The standard InChI is InChI=1S/C22H28Si/c1-15-13-17-9-5-7-11-19(17)21(15)23(3,4)22-16(2)14-18-10-6-8-12-20(18)22/h5-12,15-16,21-22H,13-14H2,1-4H3/t15?,16?,21-,22-/m0/s1. The first-order valence-electron chi connectivity index (χ1n) is 9.15. The third kappa shape index (κ3) is 2.24. The third-order valence-corrected chi connectivity index (χ3v) is 11.6. The first-order chi connectivity index (χ1) is 11.0. The van der Waals surface area contributed by atoms with Crippen LogP contribution in [0.5, 0.6) is 0 Å². The van der Waals surface area contributed by atoms with E-state index in [2.05, 4.69) is 75.5 Å². The minimum absolute atomic E-state index is 0.800. The molecule has 2 aliphatic rings. The molecule has 0 fully saturated rings. The van der Waals surface area contributed by atoms with Crippen molar-refractivity contribution in [2.45, 2.75) is 50.9 Å². The smallest absolute Gasteiger partial charge is 0.0634 e. The lowest BCUT2D eigenvalue weighted by atomic mass is 10.1. The monoisotopic (exact) mass is 320 g/mol. The first-order valence-corrected chi connectivity index (χ1v) is 12.3. The van der Waals surface area contributed by atoms with Crippen LogP contribution in [0.15, 0.2) is 48.5 Å². The molecule has 120 valence electrons. The van der Waals surface area contributed by atoms with Crippen molar-refractivity contribution < 1.29 is 0 Å². The Morgan fingerprint density at radius 1 is 0.696 bits per heavy atom. The van der Waals surface area contributed by atoms with E-state index in [4.69, 9.17) is 0 Å². The van der Waals surface area contributed by atoms with Crippen LogP contribution < -0.4 is 0 Å². The predicted octanol–water partition coefficient (Wildman–Crippen LogP) is 5.73. The average Bonchev–Trinajstić information content (AvgIpc) is 3.02. The van der Waals surface area contributed by atoms with Crippen LogP contribution in [0, 0.1) is 11.8 Å². The maximum atomic E-state index is 2.67. The van der Waals surface area contributed by atoms with E-state index in [1.165, 1.54) is 12.8 Å². The molecule has 0 spiro atoms. The Hall–Kier alpha value is -1.34. The van der Waals surface area contributed by atoms with E-state index in [1.807, 2.05) is 0 Å². The van der Waals surface area contributed by atoms with Crippen LogP contribution in [0.4, 0.5) is 0 Å². The lowest BCUT2D eigenvalue weighted by Gasteiger charge is -2.41. The van der Waals surface area contributed by atoms with E-state index in [1.54, 1.807) is 22.3 Å². The molecule has 0 bridgehead atoms. The van der Waals surface area contributed by atoms with Crippen molar-refractivity contribution in [2.75, 3.05) is 0 Å². The van der Waals surface area contributed by atoms with Crippen LogP contribution in [0.2, 0.25) is 13.1 Å². The minimum Gasteiger partial charge on any atom is -0.0684 e. The summed E-state index contributed by atoms with van der Waals surface area (Å²) in [6.07, 6.45) is 2.56. The van der Waals surface area contributed by atoms with Gasteiger partial charge in [0.05, 0.1) is 8.07 Å². The maximum absolute atomic E-state index is 2.67. The molecule has 0 saturated heterocycles. The number of rotatable bonds is 2. The largest absolute Gasteiger partial charge is 0.0684 e. The van der Waals surface area contributed by atoms with Crippen LogP contribution >= 0.6 is 0 Å². The van der Waals surface area contributed by atoms with Crippen molar-refractivity contribution in [3.05, 3.63) is 70.8 Å². The summed E-state index contributed by atoms with van der Waals surface area (Å²) in [4.78, 5) is 0. The Labute approximate surface area is 142 Å². The highest BCUT2D eigenvalue weighted by Gasteiger charge is 2.50. The van der Waals surface area contributed by atoms with E-state index >= 15 is 0 Å². The summed E-state index contributed by atoms with van der Waals surface area (Å²) in [5, 5.41) is 0. The third-order valence-electron chi connectivity index (χ3n) is 6.61. The number of hydrogen-bond acceptors (Lipinski definition) is 0. The molecule has 0 radical (unpaired) electrons. The van der Waals surface area contributed by atoms with Crippen LogP contribution in [0.25, 0.3) is 0 Å². The second kappa shape index (κ2) is 5.34. The van der Waals surface area contributed by atoms with Gasteiger partial charge in [-0.2, -0.15) is 0 Å². The van der Waals surface area contributed by atoms with Crippen LogP contribution in [0.3, 0.4) is 0 Å². The Morgan fingerprint density at radius 2 is 1.09 bits per heavy atom. The summed E-state index contributed by atoms with van der Waals surface area (Å²) in [5.74, 6) is 1.60. The molecule has 2 unspecified atom stereocenters. The predicted molar refractivity (Wildman–Crippen MR) is 102 cm³/mol. The SMILES string of the molecule is CC1Cc2ccccc2[C@H]1[Si](C)(C)[C@@H]1c2ccccc2CC1C. The van der Waals surface area contributed by atoms with Crippen LogP contribution in [-0.2, 0) is 12.8 Å². The van der Waals surface area contributed by atoms with Gasteiger partial charge in [-0.15, -0.1) is 0 Å². The van der Waals surface area contributed by atoms with Gasteiger partial charge in [-0.1, -0.05) is 75.5 Å². The molecule has 23 heavy (non-hydrogen) atoms. The number of fused-ring (bicyclic) bond motifs is 2. The molecule has 0 aliphatic heterocycles. The van der Waals surface area contributed by atoms with Gasteiger partial charge in [0.25, 0.3) is 0 Å². The highest BCUT2D eigenvalue weighted by molar-refractivity contribution is 6.80. The molecule has 2 aromatic carbocycles. The fourth-order valence-electron chi connectivity index (χ4n) is 6.05. The lowest BCUT2D eigenvalue weighted by Crippen LogP contribution is -2.45. The molecule has 0 saturated carbocycles. The highest BCUT2D eigenvalue weighted by atomic mass is 28.3. The molecule has 4 rings (SSSR count). The van der Waals surface area contributed by atoms with Crippen molar-refractivity contribution in [3.63, 3.8) is 0 Å². The summed E-state index contributed by atoms with van der Waals surface area (Å²) in [6.45, 7) is 10.3. The van der Waals surface area contributed by atoms with Gasteiger partial charge >= 0.3 is 0 Å². The lowest BCUT2D eigenvalue weighted by molar-refractivity contribution is 0.543. The summed E-state index contributed by atoms with van der Waals surface area (Å²) in [6, 6.07) is 18.5. The fourth-order valence-corrected chi connectivity index (χ4v) is 11.8. The molecule has 0 heterocycles. The van der Waals surface area contributed by atoms with Gasteiger partial charge in [0.2, 0.25) is 0 Å². The summed E-state index contributed by atoms with van der Waals surface area (Å²) >= 11 is 0. The Morgan fingerprint density at radius 3 is 1.52 bits per heavy atom. The van der Waals surface area contributed by atoms with E-state index in [0.29, 0.717) is 0 Å². The molecule has 0 aromatic heterocycles. The average molecular weight is 321 g/mol. The Bertz CT molecular complexity index is 669. The zero-order valence-electron chi connectivity index (χ0n) is 14.8. The molecular weight excluding hydrogens is 292 g/mol. The molecule has 2 aliphatic carbocycles. The second-order valence-electron chi connectivity index (χ2n) is 8.54. The van der Waals surface area contributed by atoms with E-state index < -0.39 is 8.07 Å². The van der Waals surface area contributed by atoms with Crippen molar-refractivity contribution in [2.24, 2.45) is 11.8 Å². The summed E-state index contributed by atoms with van der Waals surface area (Å²) < 4.78 is 0. The molecular formula is C22H28Si. The summed E-state index contributed by atoms with van der Waals surface area (Å²) in [5.41, 5.74) is 8.19. The molecule has 0 amide bonds. The fraction of sp³-hybridized carbons (Fsp3) is 0.455. The van der Waals surface area contributed by atoms with Crippen molar-refractivity contribution >= 4 is 8.07 Å². The maximum Gasteiger partial charge on any atom is 0.0634 e. The topological polar surface area (TPSA) is 0 Å². The second-order valence-corrected chi connectivity index (χ2v) is 13.4. The highest BCUT2D eigenvalue weighted by Crippen LogP contribution is 2.53. The Kier molecular flexibility index (Phi) is 3.53. The van der Waals surface area contributed by atoms with Gasteiger partial charge in [0, 0.05) is 0 Å². The summed E-state index contributed by atoms with van der Waals surface area (Å²) in [7, 11) is -1.47. The van der Waals surface area contributed by atoms with Gasteiger partial charge < -0.3 is 0 Å². The quantitative estimate of drug-likeness (QED) is 0.620. The molecule has 0 N–H and O–H groups in total. The van der Waals surface area contributed by atoms with E-state index in [0.717, 1.165) is 22.9 Å². The van der Waals surface area contributed by atoms with Gasteiger partial charge in [-0.3, -0.25) is 0 Å². The molecule has 1 heteroatoms. The zero-order valence-corrected chi connectivity index (χ0v) is 15.8. The zero-order chi connectivity index (χ0) is 16.2.